The SMILES string of the molecule is CCc1ccc(C(NC(=O)CBr)c2cccc(F)c2)cc1. The number of rotatable bonds is 5. The summed E-state index contributed by atoms with van der Waals surface area (Å²) in [5.41, 5.74) is 2.89. The molecule has 0 heterocycles. The fraction of sp³-hybridized carbons (Fsp3) is 0.235. The Labute approximate surface area is 132 Å². The van der Waals surface area contributed by atoms with Crippen molar-refractivity contribution in [2.75, 3.05) is 5.33 Å². The van der Waals surface area contributed by atoms with Gasteiger partial charge in [-0.1, -0.05) is 59.3 Å². The summed E-state index contributed by atoms with van der Waals surface area (Å²) in [7, 11) is 0. The molecule has 110 valence electrons. The molecule has 0 spiro atoms. The Morgan fingerprint density at radius 3 is 2.48 bits per heavy atom. The number of alkyl halides is 1. The van der Waals surface area contributed by atoms with Gasteiger partial charge in [-0.2, -0.15) is 0 Å². The molecule has 2 aromatic rings. The van der Waals surface area contributed by atoms with Crippen molar-refractivity contribution in [3.05, 3.63) is 71.0 Å². The number of carbonyl (C=O) groups excluding carboxylic acids is 1. The van der Waals surface area contributed by atoms with Crippen LogP contribution in [-0.2, 0) is 11.2 Å². The largest absolute Gasteiger partial charge is 0.344 e. The highest BCUT2D eigenvalue weighted by Gasteiger charge is 2.16. The van der Waals surface area contributed by atoms with Gasteiger partial charge >= 0.3 is 0 Å². The molecule has 2 nitrogen and oxygen atoms in total. The Morgan fingerprint density at radius 1 is 1.19 bits per heavy atom. The average Bonchev–Trinajstić information content (AvgIpc) is 2.52. The monoisotopic (exact) mass is 349 g/mol. The van der Waals surface area contributed by atoms with Crippen LogP contribution in [0.3, 0.4) is 0 Å². The summed E-state index contributed by atoms with van der Waals surface area (Å²) < 4.78 is 13.5. The van der Waals surface area contributed by atoms with Gasteiger partial charge in [0.1, 0.15) is 5.82 Å². The van der Waals surface area contributed by atoms with Crippen LogP contribution in [0.4, 0.5) is 4.39 Å². The van der Waals surface area contributed by atoms with Gasteiger partial charge < -0.3 is 5.32 Å². The molecule has 21 heavy (non-hydrogen) atoms. The van der Waals surface area contributed by atoms with E-state index < -0.39 is 0 Å². The van der Waals surface area contributed by atoms with E-state index in [4.69, 9.17) is 0 Å². The van der Waals surface area contributed by atoms with Gasteiger partial charge in [0.2, 0.25) is 5.91 Å². The lowest BCUT2D eigenvalue weighted by atomic mass is 9.97. The van der Waals surface area contributed by atoms with Crippen molar-refractivity contribution in [2.45, 2.75) is 19.4 Å². The quantitative estimate of drug-likeness (QED) is 0.812. The molecule has 0 saturated carbocycles. The number of aryl methyl sites for hydroxylation is 1. The summed E-state index contributed by atoms with van der Waals surface area (Å²) in [5, 5.41) is 3.13. The second kappa shape index (κ2) is 7.36. The first-order valence-electron chi connectivity index (χ1n) is 6.83. The van der Waals surface area contributed by atoms with Gasteiger partial charge in [0, 0.05) is 0 Å². The van der Waals surface area contributed by atoms with E-state index in [9.17, 15) is 9.18 Å². The zero-order valence-electron chi connectivity index (χ0n) is 11.8. The maximum Gasteiger partial charge on any atom is 0.231 e. The number of hydrogen-bond acceptors (Lipinski definition) is 1. The van der Waals surface area contributed by atoms with Crippen molar-refractivity contribution in [3.63, 3.8) is 0 Å². The van der Waals surface area contributed by atoms with Crippen LogP contribution in [0.5, 0.6) is 0 Å². The second-order valence-electron chi connectivity index (χ2n) is 4.78. The molecule has 0 aliphatic carbocycles. The predicted molar refractivity (Wildman–Crippen MR) is 86.0 cm³/mol. The molecule has 0 bridgehead atoms. The molecule has 0 aromatic heterocycles. The van der Waals surface area contributed by atoms with Crippen molar-refractivity contribution in [1.29, 1.82) is 0 Å². The van der Waals surface area contributed by atoms with Crippen LogP contribution in [0.25, 0.3) is 0 Å². The predicted octanol–water partition coefficient (Wildman–Crippen LogP) is 3.99. The highest BCUT2D eigenvalue weighted by molar-refractivity contribution is 9.09. The third-order valence-electron chi connectivity index (χ3n) is 3.33. The van der Waals surface area contributed by atoms with E-state index in [1.54, 1.807) is 6.07 Å². The van der Waals surface area contributed by atoms with E-state index in [2.05, 4.69) is 28.2 Å². The number of benzene rings is 2. The molecule has 1 amide bonds. The van der Waals surface area contributed by atoms with Crippen molar-refractivity contribution < 1.29 is 9.18 Å². The van der Waals surface area contributed by atoms with E-state index in [0.717, 1.165) is 17.5 Å². The molecule has 1 unspecified atom stereocenters. The first-order valence-corrected chi connectivity index (χ1v) is 7.95. The van der Waals surface area contributed by atoms with Crippen LogP contribution < -0.4 is 5.32 Å². The van der Waals surface area contributed by atoms with Crippen molar-refractivity contribution in [3.8, 4) is 0 Å². The lowest BCUT2D eigenvalue weighted by Gasteiger charge is -2.20. The number of amides is 1. The minimum Gasteiger partial charge on any atom is -0.344 e. The summed E-state index contributed by atoms with van der Waals surface area (Å²) >= 11 is 3.14. The van der Waals surface area contributed by atoms with Crippen molar-refractivity contribution in [2.24, 2.45) is 0 Å². The minimum atomic E-state index is -0.350. The van der Waals surface area contributed by atoms with Crippen LogP contribution in [-0.4, -0.2) is 11.2 Å². The van der Waals surface area contributed by atoms with Gasteiger partial charge in [-0.15, -0.1) is 0 Å². The summed E-state index contributed by atoms with van der Waals surface area (Å²) in [4.78, 5) is 11.7. The van der Waals surface area contributed by atoms with Gasteiger partial charge in [-0.25, -0.2) is 4.39 Å². The Morgan fingerprint density at radius 2 is 1.90 bits per heavy atom. The lowest BCUT2D eigenvalue weighted by molar-refractivity contribution is -0.118. The number of halogens is 2. The highest BCUT2D eigenvalue weighted by Crippen LogP contribution is 2.23. The van der Waals surface area contributed by atoms with Crippen molar-refractivity contribution in [1.82, 2.24) is 5.32 Å². The fourth-order valence-electron chi connectivity index (χ4n) is 2.19. The molecular weight excluding hydrogens is 333 g/mol. The van der Waals surface area contributed by atoms with Gasteiger partial charge in [-0.05, 0) is 35.2 Å². The Kier molecular flexibility index (Phi) is 5.51. The van der Waals surface area contributed by atoms with E-state index in [-0.39, 0.29) is 23.1 Å². The Balaban J connectivity index is 2.37. The van der Waals surface area contributed by atoms with Gasteiger partial charge in [0.25, 0.3) is 0 Å². The van der Waals surface area contributed by atoms with Crippen LogP contribution >= 0.6 is 15.9 Å². The van der Waals surface area contributed by atoms with Crippen LogP contribution in [0.1, 0.15) is 29.7 Å². The summed E-state index contributed by atoms with van der Waals surface area (Å²) in [6.07, 6.45) is 0.957. The minimum absolute atomic E-state index is 0.135. The van der Waals surface area contributed by atoms with Crippen LogP contribution in [0, 0.1) is 5.82 Å². The number of hydrogen-bond donors (Lipinski definition) is 1. The second-order valence-corrected chi connectivity index (χ2v) is 5.35. The smallest absolute Gasteiger partial charge is 0.231 e. The topological polar surface area (TPSA) is 29.1 Å². The molecular formula is C17H17BrFNO. The van der Waals surface area contributed by atoms with E-state index in [1.165, 1.54) is 17.7 Å². The zero-order chi connectivity index (χ0) is 15.2. The fourth-order valence-corrected chi connectivity index (χ4v) is 2.35. The molecule has 1 N–H and O–H groups in total. The molecule has 2 aromatic carbocycles. The normalized spacial score (nSPS) is 12.0. The maximum atomic E-state index is 13.5. The summed E-state index contributed by atoms with van der Waals surface area (Å²) in [6.45, 7) is 2.09. The molecule has 0 radical (unpaired) electrons. The number of carbonyl (C=O) groups is 1. The molecule has 1 atom stereocenters. The summed E-state index contributed by atoms with van der Waals surface area (Å²) in [5.74, 6) is -0.445. The van der Waals surface area contributed by atoms with E-state index in [1.807, 2.05) is 30.3 Å². The third-order valence-corrected chi connectivity index (χ3v) is 3.84. The maximum absolute atomic E-state index is 13.5. The molecule has 0 saturated heterocycles. The van der Waals surface area contributed by atoms with Gasteiger partial charge in [-0.3, -0.25) is 4.79 Å². The molecule has 0 aliphatic rings. The first-order chi connectivity index (χ1) is 10.1. The average molecular weight is 350 g/mol. The standard InChI is InChI=1S/C17H17BrFNO/c1-2-12-6-8-13(9-7-12)17(20-16(21)11-18)14-4-3-5-15(19)10-14/h3-10,17H,2,11H2,1H3,(H,20,21). The third kappa shape index (κ3) is 4.14. The first kappa shape index (κ1) is 15.7. The lowest BCUT2D eigenvalue weighted by Crippen LogP contribution is -2.30. The Hall–Kier alpha value is -1.68. The van der Waals surface area contributed by atoms with Crippen LogP contribution in [0.2, 0.25) is 0 Å². The highest BCUT2D eigenvalue weighted by atomic mass is 79.9. The summed E-state index contributed by atoms with van der Waals surface area (Å²) in [6, 6.07) is 14.0. The van der Waals surface area contributed by atoms with Crippen molar-refractivity contribution >= 4 is 21.8 Å². The molecule has 0 fully saturated rings. The Bertz CT molecular complexity index is 612. The molecule has 2 rings (SSSR count). The molecule has 0 aliphatic heterocycles. The van der Waals surface area contributed by atoms with Crippen LogP contribution in [0.15, 0.2) is 48.5 Å². The van der Waals surface area contributed by atoms with Gasteiger partial charge in [0.05, 0.1) is 11.4 Å². The zero-order valence-corrected chi connectivity index (χ0v) is 13.4. The van der Waals surface area contributed by atoms with E-state index >= 15 is 0 Å². The van der Waals surface area contributed by atoms with E-state index in [0.29, 0.717) is 0 Å². The number of nitrogens with one attached hydrogen (secondary N) is 1. The van der Waals surface area contributed by atoms with Gasteiger partial charge in [0.15, 0.2) is 0 Å². The molecule has 4 heteroatoms.